The van der Waals surface area contributed by atoms with Crippen LogP contribution in [-0.2, 0) is 4.74 Å². The maximum atomic E-state index is 9.87. The topological polar surface area (TPSA) is 74.4 Å². The fourth-order valence-corrected chi connectivity index (χ4v) is 2.27. The number of para-hydroxylation sites is 2. The number of phenolic OH excluding ortho intramolecular Hbond substituents is 2. The molecular formula is C20H24N2O3. The van der Waals surface area contributed by atoms with Crippen molar-refractivity contribution in [2.75, 3.05) is 13.6 Å². The van der Waals surface area contributed by atoms with E-state index in [0.717, 1.165) is 0 Å². The molecule has 25 heavy (non-hydrogen) atoms. The Morgan fingerprint density at radius 3 is 2.24 bits per heavy atom. The Hall–Kier alpha value is -2.66. The number of aromatic hydroxyl groups is 2. The van der Waals surface area contributed by atoms with Crippen LogP contribution >= 0.6 is 0 Å². The summed E-state index contributed by atoms with van der Waals surface area (Å²) in [6.45, 7) is 1.94. The number of hydrogen-bond acceptors (Lipinski definition) is 5. The first-order chi connectivity index (χ1) is 13.2. The molecule has 2 unspecified atom stereocenters. The van der Waals surface area contributed by atoms with Crippen LogP contribution in [-0.4, -0.2) is 48.4 Å². The maximum absolute atomic E-state index is 9.87. The number of benzene rings is 2. The van der Waals surface area contributed by atoms with Crippen molar-refractivity contribution in [3.63, 3.8) is 0 Å². The molecule has 2 aromatic rings. The van der Waals surface area contributed by atoms with E-state index in [1.807, 2.05) is 0 Å². The molecule has 0 aliphatic rings. The summed E-state index contributed by atoms with van der Waals surface area (Å²) in [4.78, 5) is 8.78. The molecule has 2 atom stereocenters. The van der Waals surface area contributed by atoms with E-state index in [-0.39, 0.29) is 24.1 Å². The van der Waals surface area contributed by atoms with Crippen molar-refractivity contribution in [1.29, 1.82) is 0 Å². The zero-order chi connectivity index (χ0) is 20.6. The third kappa shape index (κ3) is 6.04. The molecule has 0 heterocycles. The first-order valence-corrected chi connectivity index (χ1v) is 8.01. The molecule has 2 rings (SSSR count). The Kier molecular flexibility index (Phi) is 5.63. The van der Waals surface area contributed by atoms with Crippen molar-refractivity contribution in [3.05, 3.63) is 59.7 Å². The molecular weight excluding hydrogens is 316 g/mol. The minimum Gasteiger partial charge on any atom is -0.507 e. The minimum absolute atomic E-state index is 0.106. The Labute approximate surface area is 152 Å². The van der Waals surface area contributed by atoms with Gasteiger partial charge in [-0.3, -0.25) is 9.98 Å². The smallest absolute Gasteiger partial charge is 0.124 e. The van der Waals surface area contributed by atoms with Crippen LogP contribution in [0.15, 0.2) is 58.5 Å². The molecule has 0 radical (unpaired) electrons. The quantitative estimate of drug-likeness (QED) is 0.721. The normalized spacial score (nSPS) is 16.4. The summed E-state index contributed by atoms with van der Waals surface area (Å²) < 4.78 is 26.7. The third-order valence-electron chi connectivity index (χ3n) is 3.65. The predicted molar refractivity (Wildman–Crippen MR) is 101 cm³/mol. The number of ether oxygens (including phenoxy) is 1. The monoisotopic (exact) mass is 343 g/mol. The lowest BCUT2D eigenvalue weighted by Gasteiger charge is -2.15. The van der Waals surface area contributed by atoms with Crippen LogP contribution in [0.3, 0.4) is 0 Å². The Balaban J connectivity index is 2.11. The molecule has 0 aliphatic carbocycles. The zero-order valence-corrected chi connectivity index (χ0v) is 14.0. The van der Waals surface area contributed by atoms with E-state index in [2.05, 4.69) is 9.98 Å². The molecule has 0 fully saturated rings. The average molecular weight is 343 g/mol. The summed E-state index contributed by atoms with van der Waals surface area (Å²) in [5.41, 5.74) is 1.14. The molecule has 0 aromatic heterocycles. The van der Waals surface area contributed by atoms with Crippen molar-refractivity contribution in [3.8, 4) is 11.5 Å². The number of methoxy groups -OCH3 is 1. The average Bonchev–Trinajstić information content (AvgIpc) is 2.60. The third-order valence-corrected chi connectivity index (χ3v) is 3.65. The molecule has 0 bridgehead atoms. The van der Waals surface area contributed by atoms with Crippen molar-refractivity contribution in [2.24, 2.45) is 9.98 Å². The van der Waals surface area contributed by atoms with Gasteiger partial charge < -0.3 is 14.9 Å². The van der Waals surface area contributed by atoms with Gasteiger partial charge in [0.2, 0.25) is 0 Å². The van der Waals surface area contributed by atoms with Crippen molar-refractivity contribution in [2.45, 2.75) is 25.5 Å². The molecule has 0 spiro atoms. The van der Waals surface area contributed by atoms with Crippen molar-refractivity contribution < 1.29 is 19.1 Å². The molecule has 0 aliphatic heterocycles. The molecule has 0 saturated heterocycles. The largest absolute Gasteiger partial charge is 0.507 e. The molecule has 0 saturated carbocycles. The standard InChI is InChI=1S/C20H24N2O3/c1-15(25-2)11-18(22-13-17-8-4-6-10-20(17)24)14-21-12-16-7-3-5-9-19(16)23/h3-10,12-13,15,18,23-24H,11,14H2,1-2H3/i2D3. The highest BCUT2D eigenvalue weighted by Gasteiger charge is 2.11. The van der Waals surface area contributed by atoms with E-state index in [1.165, 1.54) is 6.21 Å². The fourth-order valence-electron chi connectivity index (χ4n) is 2.27. The minimum atomic E-state index is -2.48. The van der Waals surface area contributed by atoms with Gasteiger partial charge in [0.1, 0.15) is 11.5 Å². The maximum Gasteiger partial charge on any atom is 0.124 e. The van der Waals surface area contributed by atoms with Crippen LogP contribution in [0.1, 0.15) is 28.6 Å². The number of aliphatic imine (C=N–C) groups is 2. The van der Waals surface area contributed by atoms with Gasteiger partial charge in [0.25, 0.3) is 0 Å². The van der Waals surface area contributed by atoms with Gasteiger partial charge in [-0.1, -0.05) is 24.3 Å². The SMILES string of the molecule is [2H]C([2H])([2H])OC(C)CC(CN=Cc1ccccc1O)N=Cc1ccccc1O. The summed E-state index contributed by atoms with van der Waals surface area (Å²) in [7, 11) is -2.48. The molecule has 2 N–H and O–H groups in total. The van der Waals surface area contributed by atoms with Gasteiger partial charge in [0.05, 0.1) is 22.8 Å². The fraction of sp³-hybridized carbons (Fsp3) is 0.300. The molecule has 0 amide bonds. The Bertz CT molecular complexity index is 822. The van der Waals surface area contributed by atoms with E-state index in [1.54, 1.807) is 61.7 Å². The van der Waals surface area contributed by atoms with Crippen LogP contribution in [0.2, 0.25) is 0 Å². The molecule has 132 valence electrons. The summed E-state index contributed by atoms with van der Waals surface area (Å²) in [6, 6.07) is 13.2. The number of rotatable bonds is 8. The first-order valence-electron chi connectivity index (χ1n) is 9.51. The zero-order valence-electron chi connectivity index (χ0n) is 17.0. The van der Waals surface area contributed by atoms with Crippen LogP contribution in [0.5, 0.6) is 11.5 Å². The van der Waals surface area contributed by atoms with Crippen LogP contribution in [0, 0.1) is 0 Å². The van der Waals surface area contributed by atoms with E-state index < -0.39 is 13.1 Å². The van der Waals surface area contributed by atoms with Gasteiger partial charge in [-0.05, 0) is 37.6 Å². The van der Waals surface area contributed by atoms with Crippen LogP contribution < -0.4 is 0 Å². The van der Waals surface area contributed by atoms with E-state index >= 15 is 0 Å². The summed E-state index contributed by atoms with van der Waals surface area (Å²) in [5.74, 6) is 0.231. The second kappa shape index (κ2) is 9.59. The van der Waals surface area contributed by atoms with Gasteiger partial charge in [-0.15, -0.1) is 0 Å². The van der Waals surface area contributed by atoms with E-state index in [9.17, 15) is 10.2 Å². The summed E-state index contributed by atoms with van der Waals surface area (Å²) >= 11 is 0. The number of hydrogen-bond donors (Lipinski definition) is 2. The van der Waals surface area contributed by atoms with Gasteiger partial charge in [-0.2, -0.15) is 0 Å². The summed E-state index contributed by atoms with van der Waals surface area (Å²) in [5, 5.41) is 19.7. The van der Waals surface area contributed by atoms with E-state index in [4.69, 9.17) is 8.85 Å². The summed E-state index contributed by atoms with van der Waals surface area (Å²) in [6.07, 6.45) is 2.87. The lowest BCUT2D eigenvalue weighted by atomic mass is 10.1. The first kappa shape index (κ1) is 14.7. The van der Waals surface area contributed by atoms with Gasteiger partial charge in [0, 0.05) is 30.6 Å². The number of nitrogens with zero attached hydrogens (tertiary/aromatic N) is 2. The number of phenols is 2. The van der Waals surface area contributed by atoms with Crippen LogP contribution in [0.25, 0.3) is 0 Å². The second-order valence-corrected chi connectivity index (χ2v) is 5.71. The Morgan fingerprint density at radius 1 is 1.04 bits per heavy atom. The van der Waals surface area contributed by atoms with E-state index in [0.29, 0.717) is 17.5 Å². The molecule has 5 heteroatoms. The lowest BCUT2D eigenvalue weighted by Crippen LogP contribution is -2.18. The van der Waals surface area contributed by atoms with Gasteiger partial charge in [-0.25, -0.2) is 0 Å². The van der Waals surface area contributed by atoms with Crippen LogP contribution in [0.4, 0.5) is 0 Å². The van der Waals surface area contributed by atoms with Crippen molar-refractivity contribution >= 4 is 12.4 Å². The molecule has 2 aromatic carbocycles. The highest BCUT2D eigenvalue weighted by Crippen LogP contribution is 2.15. The predicted octanol–water partition coefficient (Wildman–Crippen LogP) is 3.43. The Morgan fingerprint density at radius 2 is 1.64 bits per heavy atom. The highest BCUT2D eigenvalue weighted by molar-refractivity contribution is 5.84. The van der Waals surface area contributed by atoms with Gasteiger partial charge in [0.15, 0.2) is 0 Å². The van der Waals surface area contributed by atoms with Crippen molar-refractivity contribution in [1.82, 2.24) is 0 Å². The van der Waals surface area contributed by atoms with Gasteiger partial charge >= 0.3 is 0 Å². The second-order valence-electron chi connectivity index (χ2n) is 5.71. The lowest BCUT2D eigenvalue weighted by molar-refractivity contribution is 0.105. The molecule has 5 nitrogen and oxygen atoms in total. The highest BCUT2D eigenvalue weighted by atomic mass is 16.5.